The Morgan fingerprint density at radius 2 is 2.06 bits per heavy atom. The lowest BCUT2D eigenvalue weighted by Crippen LogP contribution is -2.13. The molecule has 16 heavy (non-hydrogen) atoms. The van der Waals surface area contributed by atoms with Crippen LogP contribution in [0.1, 0.15) is 25.7 Å². The van der Waals surface area contributed by atoms with Gasteiger partial charge in [-0.2, -0.15) is 4.98 Å². The van der Waals surface area contributed by atoms with E-state index in [9.17, 15) is 8.42 Å². The van der Waals surface area contributed by atoms with Gasteiger partial charge in [0.25, 0.3) is 0 Å². The van der Waals surface area contributed by atoms with Gasteiger partial charge < -0.3 is 4.74 Å². The van der Waals surface area contributed by atoms with E-state index < -0.39 is 9.84 Å². The Balaban J connectivity index is 2.16. The van der Waals surface area contributed by atoms with Crippen LogP contribution in [0.15, 0.2) is 17.4 Å². The van der Waals surface area contributed by atoms with Crippen molar-refractivity contribution in [2.24, 2.45) is 0 Å². The molecule has 6 heteroatoms. The maximum Gasteiger partial charge on any atom is 0.250 e. The van der Waals surface area contributed by atoms with Gasteiger partial charge >= 0.3 is 0 Å². The van der Waals surface area contributed by atoms with E-state index in [1.807, 2.05) is 0 Å². The van der Waals surface area contributed by atoms with E-state index in [0.717, 1.165) is 31.9 Å². The van der Waals surface area contributed by atoms with Gasteiger partial charge in [0.1, 0.15) is 6.10 Å². The van der Waals surface area contributed by atoms with Crippen molar-refractivity contribution in [2.75, 3.05) is 6.26 Å². The van der Waals surface area contributed by atoms with Crippen LogP contribution in [0.25, 0.3) is 0 Å². The molecule has 1 aromatic rings. The number of aromatic nitrogens is 2. The molecule has 0 atom stereocenters. The van der Waals surface area contributed by atoms with E-state index in [0.29, 0.717) is 5.88 Å². The SMILES string of the molecule is CS(=O)(=O)c1nccc(OC2CCCC2)n1. The van der Waals surface area contributed by atoms with Gasteiger partial charge in [0.2, 0.25) is 20.9 Å². The first-order chi connectivity index (χ1) is 7.55. The van der Waals surface area contributed by atoms with Gasteiger partial charge in [-0.25, -0.2) is 13.4 Å². The molecule has 0 unspecified atom stereocenters. The molecule has 0 spiro atoms. The minimum absolute atomic E-state index is 0.169. The summed E-state index contributed by atoms with van der Waals surface area (Å²) in [6.45, 7) is 0. The Bertz CT molecular complexity index is 467. The Labute approximate surface area is 94.8 Å². The molecule has 0 aliphatic heterocycles. The van der Waals surface area contributed by atoms with Gasteiger partial charge in [-0.05, 0) is 25.7 Å². The van der Waals surface area contributed by atoms with E-state index in [-0.39, 0.29) is 11.3 Å². The molecule has 1 aliphatic rings. The zero-order chi connectivity index (χ0) is 11.6. The second kappa shape index (κ2) is 4.37. The molecule has 1 aromatic heterocycles. The summed E-state index contributed by atoms with van der Waals surface area (Å²) in [5.41, 5.74) is 0. The first kappa shape index (κ1) is 11.3. The molecule has 0 bridgehead atoms. The lowest BCUT2D eigenvalue weighted by atomic mass is 10.3. The van der Waals surface area contributed by atoms with Crippen LogP contribution in [-0.2, 0) is 9.84 Å². The quantitative estimate of drug-likeness (QED) is 0.745. The summed E-state index contributed by atoms with van der Waals surface area (Å²) in [7, 11) is -3.36. The number of hydrogen-bond acceptors (Lipinski definition) is 5. The van der Waals surface area contributed by atoms with Crippen molar-refractivity contribution in [2.45, 2.75) is 36.9 Å². The van der Waals surface area contributed by atoms with Crippen molar-refractivity contribution < 1.29 is 13.2 Å². The van der Waals surface area contributed by atoms with Gasteiger partial charge in [-0.3, -0.25) is 0 Å². The molecule has 1 saturated carbocycles. The van der Waals surface area contributed by atoms with Gasteiger partial charge in [0, 0.05) is 18.5 Å². The highest BCUT2D eigenvalue weighted by molar-refractivity contribution is 7.90. The van der Waals surface area contributed by atoms with Gasteiger partial charge in [-0.15, -0.1) is 0 Å². The number of hydrogen-bond donors (Lipinski definition) is 0. The molecule has 88 valence electrons. The fourth-order valence-electron chi connectivity index (χ4n) is 1.75. The van der Waals surface area contributed by atoms with Crippen molar-refractivity contribution in [1.29, 1.82) is 0 Å². The molecule has 1 heterocycles. The number of ether oxygens (including phenoxy) is 1. The summed E-state index contributed by atoms with van der Waals surface area (Å²) in [5.74, 6) is 0.349. The summed E-state index contributed by atoms with van der Waals surface area (Å²) < 4.78 is 28.1. The predicted octanol–water partition coefficient (Wildman–Crippen LogP) is 1.20. The first-order valence-corrected chi connectivity index (χ1v) is 7.14. The summed E-state index contributed by atoms with van der Waals surface area (Å²) in [4.78, 5) is 7.59. The Kier molecular flexibility index (Phi) is 3.09. The highest BCUT2D eigenvalue weighted by Crippen LogP contribution is 2.22. The third kappa shape index (κ3) is 2.69. The average Bonchev–Trinajstić information content (AvgIpc) is 2.70. The molecular weight excluding hydrogens is 228 g/mol. The third-order valence-corrected chi connectivity index (χ3v) is 3.39. The van der Waals surface area contributed by atoms with Crippen molar-refractivity contribution in [3.8, 4) is 5.88 Å². The van der Waals surface area contributed by atoms with E-state index in [1.54, 1.807) is 6.07 Å². The van der Waals surface area contributed by atoms with Crippen molar-refractivity contribution in [3.63, 3.8) is 0 Å². The van der Waals surface area contributed by atoms with Crippen LogP contribution in [0.2, 0.25) is 0 Å². The molecule has 0 aromatic carbocycles. The summed E-state index contributed by atoms with van der Waals surface area (Å²) in [6.07, 6.45) is 7.01. The highest BCUT2D eigenvalue weighted by atomic mass is 32.2. The third-order valence-electron chi connectivity index (χ3n) is 2.53. The summed E-state index contributed by atoms with van der Waals surface area (Å²) in [5, 5.41) is -0.178. The minimum Gasteiger partial charge on any atom is -0.474 e. The highest BCUT2D eigenvalue weighted by Gasteiger charge is 2.18. The molecule has 1 fully saturated rings. The molecule has 0 N–H and O–H groups in total. The minimum atomic E-state index is -3.36. The predicted molar refractivity (Wildman–Crippen MR) is 58.0 cm³/mol. The lowest BCUT2D eigenvalue weighted by molar-refractivity contribution is 0.199. The zero-order valence-electron chi connectivity index (χ0n) is 9.09. The molecule has 1 aliphatic carbocycles. The van der Waals surface area contributed by atoms with Crippen LogP contribution in [-0.4, -0.2) is 30.7 Å². The van der Waals surface area contributed by atoms with Crippen LogP contribution < -0.4 is 4.74 Å². The van der Waals surface area contributed by atoms with Gasteiger partial charge in [0.05, 0.1) is 0 Å². The average molecular weight is 242 g/mol. The fraction of sp³-hybridized carbons (Fsp3) is 0.600. The van der Waals surface area contributed by atoms with Crippen molar-refractivity contribution in [3.05, 3.63) is 12.3 Å². The molecule has 2 rings (SSSR count). The molecular formula is C10H14N2O3S. The Hall–Kier alpha value is -1.17. The van der Waals surface area contributed by atoms with Crippen LogP contribution in [0.4, 0.5) is 0 Å². The molecule has 0 radical (unpaired) electrons. The maximum absolute atomic E-state index is 11.2. The van der Waals surface area contributed by atoms with Crippen molar-refractivity contribution >= 4 is 9.84 Å². The Morgan fingerprint density at radius 3 is 2.69 bits per heavy atom. The van der Waals surface area contributed by atoms with E-state index in [2.05, 4.69) is 9.97 Å². The lowest BCUT2D eigenvalue weighted by Gasteiger charge is -2.11. The fourth-order valence-corrected chi connectivity index (χ4v) is 2.25. The topological polar surface area (TPSA) is 69.2 Å². The Morgan fingerprint density at radius 1 is 1.38 bits per heavy atom. The monoisotopic (exact) mass is 242 g/mol. The second-order valence-corrected chi connectivity index (χ2v) is 5.88. The number of nitrogens with zero attached hydrogens (tertiary/aromatic N) is 2. The van der Waals surface area contributed by atoms with Crippen LogP contribution in [0.5, 0.6) is 5.88 Å². The van der Waals surface area contributed by atoms with E-state index in [4.69, 9.17) is 4.74 Å². The number of sulfone groups is 1. The van der Waals surface area contributed by atoms with Crippen molar-refractivity contribution in [1.82, 2.24) is 9.97 Å². The second-order valence-electron chi connectivity index (χ2n) is 3.97. The normalized spacial score (nSPS) is 17.6. The largest absolute Gasteiger partial charge is 0.474 e. The van der Waals surface area contributed by atoms with E-state index >= 15 is 0 Å². The summed E-state index contributed by atoms with van der Waals surface area (Å²) >= 11 is 0. The van der Waals surface area contributed by atoms with Crippen LogP contribution in [0.3, 0.4) is 0 Å². The van der Waals surface area contributed by atoms with Gasteiger partial charge in [-0.1, -0.05) is 0 Å². The van der Waals surface area contributed by atoms with Crippen LogP contribution in [0, 0.1) is 0 Å². The smallest absolute Gasteiger partial charge is 0.250 e. The maximum atomic E-state index is 11.2. The first-order valence-electron chi connectivity index (χ1n) is 5.25. The standard InChI is InChI=1S/C10H14N2O3S/c1-16(13,14)10-11-7-6-9(12-10)15-8-4-2-3-5-8/h6-8H,2-5H2,1H3. The van der Waals surface area contributed by atoms with Gasteiger partial charge in [0.15, 0.2) is 0 Å². The molecule has 0 saturated heterocycles. The molecule has 0 amide bonds. The van der Waals surface area contributed by atoms with E-state index in [1.165, 1.54) is 6.20 Å². The number of rotatable bonds is 3. The van der Waals surface area contributed by atoms with Crippen LogP contribution >= 0.6 is 0 Å². The summed E-state index contributed by atoms with van der Waals surface area (Å²) in [6, 6.07) is 1.59. The molecule has 5 nitrogen and oxygen atoms in total. The zero-order valence-corrected chi connectivity index (χ0v) is 9.90.